The van der Waals surface area contributed by atoms with Gasteiger partial charge in [-0.2, -0.15) is 44.9 Å². The molecule has 0 saturated carbocycles. The predicted molar refractivity (Wildman–Crippen MR) is 461 cm³/mol. The van der Waals surface area contributed by atoms with E-state index in [9.17, 15) is 26.3 Å². The van der Waals surface area contributed by atoms with Crippen LogP contribution in [0.4, 0.5) is 62.0 Å². The third-order valence-corrected chi connectivity index (χ3v) is 21.9. The number of fused-ring (bicyclic) bond motifs is 3. The maximum Gasteiger partial charge on any atom is 0.296 e. The highest BCUT2D eigenvalue weighted by molar-refractivity contribution is 5.80. The third-order valence-electron chi connectivity index (χ3n) is 21.9. The summed E-state index contributed by atoms with van der Waals surface area (Å²) in [6, 6.07) is 50.0. The molecule has 6 aromatic carbocycles. The van der Waals surface area contributed by atoms with Crippen molar-refractivity contribution in [3.63, 3.8) is 0 Å². The van der Waals surface area contributed by atoms with Gasteiger partial charge in [0.15, 0.2) is 17.5 Å². The zero-order chi connectivity index (χ0) is 85.4. The molecule has 0 atom stereocenters. The molecule has 4 aliphatic heterocycles. The van der Waals surface area contributed by atoms with Gasteiger partial charge in [0.2, 0.25) is 53.5 Å². The summed E-state index contributed by atoms with van der Waals surface area (Å²) in [5.74, 6) is 1.71. The number of hydrogen-bond acceptors (Lipinski definition) is 24. The van der Waals surface area contributed by atoms with E-state index in [0.717, 1.165) is 60.3 Å². The van der Waals surface area contributed by atoms with Crippen molar-refractivity contribution in [1.29, 1.82) is 0 Å². The number of imidazole rings is 4. The van der Waals surface area contributed by atoms with Gasteiger partial charge in [-0.05, 0) is 188 Å². The van der Waals surface area contributed by atoms with Crippen LogP contribution in [-0.2, 0) is 33.5 Å². The lowest BCUT2D eigenvalue weighted by molar-refractivity contribution is 0.122. The number of ether oxygens (including phenoxy) is 3. The van der Waals surface area contributed by atoms with Crippen LogP contribution in [0.3, 0.4) is 0 Å². The van der Waals surface area contributed by atoms with Gasteiger partial charge in [-0.15, -0.1) is 0 Å². The number of pyridine rings is 1. The van der Waals surface area contributed by atoms with E-state index in [0.29, 0.717) is 161 Å². The standard InChI is InChI=1S/C31H38F2N8O.C30H30F2N8O.C28H29F2N9O/c1-31(2,20-22-8-4-5-9-23(22)21-12-14-39(3)15-13-21)38-28-35-29(40-16-18-42-19-17-40)37-30(36-28)41-25-11-7-6-10-24(25)34-27(41)26(32)33;1-30(2,19-21-7-3-4-8-22(21)20-11-13-33-14-12-20)38-27-35-28(39-15-17-41-18-16-39)37-29(36-27)40-24-10-6-5-9-23(24)34-26(40)25(31)32;1-28(2,17-19-7-3-5-9-21(19)38-12-11-31-18-38)36-25-33-26(37-13-15-40-16-14-37)35-27(34-25)39-22-10-6-4-8-20(22)32-24(39)23(29)30/h4-11,21,26H,12-20H2,1-3H3,(H,35,36,37,38);3-14,25H,15-19H2,1-2H3,(H,35,36,37,38);3-12,18,23H,13-17H2,1-2H3,(H,33,34,35,36). The van der Waals surface area contributed by atoms with Crippen molar-refractivity contribution in [1.82, 2.24) is 92.9 Å². The van der Waals surface area contributed by atoms with E-state index in [1.165, 1.54) is 24.8 Å². The summed E-state index contributed by atoms with van der Waals surface area (Å²) >= 11 is 0. The minimum atomic E-state index is -2.82. The molecule has 14 aromatic rings. The van der Waals surface area contributed by atoms with E-state index in [1.807, 2.05) is 81.8 Å². The smallest absolute Gasteiger partial charge is 0.296 e. The Labute approximate surface area is 707 Å². The Kier molecular flexibility index (Phi) is 25.2. The van der Waals surface area contributed by atoms with E-state index in [2.05, 4.69) is 148 Å². The number of halogens is 6. The normalized spacial score (nSPS) is 15.3. The van der Waals surface area contributed by atoms with Crippen LogP contribution in [0.5, 0.6) is 0 Å². The van der Waals surface area contributed by atoms with Gasteiger partial charge in [-0.1, -0.05) is 103 Å². The lowest BCUT2D eigenvalue weighted by Crippen LogP contribution is -2.39. The monoisotopic (exact) mass is 1680 g/mol. The number of para-hydroxylation sites is 7. The van der Waals surface area contributed by atoms with Crippen molar-refractivity contribution in [2.45, 2.75) is 115 Å². The van der Waals surface area contributed by atoms with Crippen LogP contribution >= 0.6 is 0 Å². The van der Waals surface area contributed by atoms with Gasteiger partial charge >= 0.3 is 0 Å². The number of hydrogen-bond donors (Lipinski definition) is 3. The highest BCUT2D eigenvalue weighted by atomic mass is 19.3. The highest BCUT2D eigenvalue weighted by Gasteiger charge is 2.34. The molecule has 4 aliphatic rings. The summed E-state index contributed by atoms with van der Waals surface area (Å²) in [6.07, 6.45) is 4.86. The van der Waals surface area contributed by atoms with Crippen molar-refractivity contribution in [3.05, 3.63) is 229 Å². The van der Waals surface area contributed by atoms with Crippen molar-refractivity contribution < 1.29 is 40.6 Å². The first-order valence-corrected chi connectivity index (χ1v) is 41.2. The number of anilines is 6. The molecule has 0 spiro atoms. The van der Waals surface area contributed by atoms with Gasteiger partial charge in [0.25, 0.3) is 19.3 Å². The van der Waals surface area contributed by atoms with Crippen molar-refractivity contribution in [2.75, 3.05) is 130 Å². The van der Waals surface area contributed by atoms with Gasteiger partial charge in [0.1, 0.15) is 0 Å². The van der Waals surface area contributed by atoms with Gasteiger partial charge in [0, 0.05) is 86.4 Å². The quantitative estimate of drug-likeness (QED) is 0.0474. The Hall–Kier alpha value is -12.7. The van der Waals surface area contributed by atoms with Crippen molar-refractivity contribution in [3.8, 4) is 34.7 Å². The fourth-order valence-corrected chi connectivity index (χ4v) is 16.1. The van der Waals surface area contributed by atoms with Crippen molar-refractivity contribution in [2.24, 2.45) is 0 Å². The van der Waals surface area contributed by atoms with E-state index in [-0.39, 0.29) is 23.8 Å². The summed E-state index contributed by atoms with van der Waals surface area (Å²) in [7, 11) is 2.18. The van der Waals surface area contributed by atoms with Crippen LogP contribution in [0.2, 0.25) is 0 Å². The molecule has 4 fully saturated rings. The van der Waals surface area contributed by atoms with Crippen molar-refractivity contribution >= 4 is 68.8 Å². The Morgan fingerprint density at radius 1 is 0.374 bits per heavy atom. The molecule has 8 aromatic heterocycles. The average Bonchev–Trinajstić information content (AvgIpc) is 1.64. The number of alkyl halides is 6. The van der Waals surface area contributed by atoms with Crippen LogP contribution in [0.1, 0.15) is 119 Å². The van der Waals surface area contributed by atoms with Gasteiger partial charge in [-0.25, -0.2) is 46.3 Å². The molecular weight excluding hydrogens is 1580 g/mol. The van der Waals surface area contributed by atoms with E-state index in [1.54, 1.807) is 97.7 Å². The number of morpholine rings is 3. The summed E-state index contributed by atoms with van der Waals surface area (Å²) in [6.45, 7) is 21.4. The second kappa shape index (κ2) is 37.0. The fourth-order valence-electron chi connectivity index (χ4n) is 16.1. The van der Waals surface area contributed by atoms with Crippen LogP contribution in [0.25, 0.3) is 67.8 Å². The zero-order valence-electron chi connectivity index (χ0n) is 69.5. The number of piperidine rings is 1. The Balaban J connectivity index is 0.000000137. The summed E-state index contributed by atoms with van der Waals surface area (Å²) < 4.78 is 108. The zero-order valence-corrected chi connectivity index (χ0v) is 69.5. The Bertz CT molecular complexity index is 5930. The second-order valence-electron chi connectivity index (χ2n) is 32.7. The van der Waals surface area contributed by atoms with Gasteiger partial charge in [0.05, 0.1) is 79.1 Å². The minimum Gasteiger partial charge on any atom is -0.378 e. The molecule has 3 N–H and O–H groups in total. The summed E-state index contributed by atoms with van der Waals surface area (Å²) in [5.41, 5.74) is 9.54. The van der Waals surface area contributed by atoms with Crippen LogP contribution in [0, 0.1) is 0 Å². The molecule has 123 heavy (non-hydrogen) atoms. The van der Waals surface area contributed by atoms with Crippen LogP contribution in [0.15, 0.2) is 189 Å². The third kappa shape index (κ3) is 19.8. The number of benzene rings is 6. The summed E-state index contributed by atoms with van der Waals surface area (Å²) in [4.78, 5) is 71.5. The molecule has 34 heteroatoms. The molecule has 0 aliphatic carbocycles. The molecule has 0 unspecified atom stereocenters. The molecule has 0 bridgehead atoms. The van der Waals surface area contributed by atoms with Gasteiger partial charge < -0.3 is 54.3 Å². The second-order valence-corrected chi connectivity index (χ2v) is 32.7. The molecule has 638 valence electrons. The first-order valence-electron chi connectivity index (χ1n) is 41.2. The molecule has 4 saturated heterocycles. The number of nitrogens with zero attached hydrogens (tertiary/aromatic N) is 22. The maximum atomic E-state index is 14.2. The minimum absolute atomic E-state index is 0.0811. The first-order chi connectivity index (χ1) is 59.5. The number of aromatic nitrogens is 18. The number of nitrogens with one attached hydrogen (secondary N) is 3. The lowest BCUT2D eigenvalue weighted by Gasteiger charge is -2.33. The molecule has 12 heterocycles. The van der Waals surface area contributed by atoms with Gasteiger partial charge in [-0.3, -0.25) is 18.7 Å². The lowest BCUT2D eigenvalue weighted by atomic mass is 9.83. The molecular formula is C89H97F6N25O3. The molecule has 28 nitrogen and oxygen atoms in total. The molecule has 0 amide bonds. The average molecular weight is 1680 g/mol. The fraction of sp³-hybridized carbons (Fsp3) is 0.371. The predicted octanol–water partition coefficient (Wildman–Crippen LogP) is 15.3. The number of rotatable bonds is 24. The topological polar surface area (TPSA) is 277 Å². The van der Waals surface area contributed by atoms with Crippen LogP contribution < -0.4 is 30.7 Å². The Morgan fingerprint density at radius 2 is 0.732 bits per heavy atom. The van der Waals surface area contributed by atoms with Crippen LogP contribution in [-0.4, -0.2) is 209 Å². The molecule has 18 rings (SSSR count). The van der Waals surface area contributed by atoms with E-state index in [4.69, 9.17) is 34.1 Å². The first kappa shape index (κ1) is 84.0. The largest absolute Gasteiger partial charge is 0.378 e. The summed E-state index contributed by atoms with van der Waals surface area (Å²) in [5, 5.41) is 10.5. The number of likely N-dealkylation sites (tertiary alicyclic amines) is 1. The maximum absolute atomic E-state index is 14.2. The van der Waals surface area contributed by atoms with E-state index >= 15 is 0 Å². The Morgan fingerprint density at radius 3 is 1.15 bits per heavy atom. The highest BCUT2D eigenvalue weighted by Crippen LogP contribution is 2.37. The molecule has 0 radical (unpaired) electrons. The SMILES string of the molecule is CC(C)(Cc1ccccc1-c1ccncc1)Nc1nc(N2CCOCC2)nc(-n2c(C(F)F)nc3ccccc32)n1.CC(C)(Cc1ccccc1-n1ccnc1)Nc1nc(N2CCOCC2)nc(-n2c(C(F)F)nc3ccccc32)n1.CN1CCC(c2ccccc2CC(C)(C)Nc2nc(N3CCOCC3)nc(-n3c(C(F)F)nc4ccccc43)n2)CC1. The van der Waals surface area contributed by atoms with E-state index < -0.39 is 53.4 Å².